The van der Waals surface area contributed by atoms with Crippen LogP contribution in [0.25, 0.3) is 0 Å². The van der Waals surface area contributed by atoms with Gasteiger partial charge in [0.25, 0.3) is 0 Å². The molecule has 0 N–H and O–H groups in total. The van der Waals surface area contributed by atoms with E-state index >= 15 is 0 Å². The smallest absolute Gasteiger partial charge is 0.130 e. The van der Waals surface area contributed by atoms with E-state index in [9.17, 15) is 0 Å². The van der Waals surface area contributed by atoms with Gasteiger partial charge in [0.1, 0.15) is 16.1 Å². The Morgan fingerprint density at radius 1 is 0.722 bits per heavy atom. The quantitative estimate of drug-likeness (QED) is 0.404. The molecule has 0 radical (unpaired) electrons. The van der Waals surface area contributed by atoms with E-state index in [1.165, 1.54) is 23.5 Å². The zero-order chi connectivity index (χ0) is 14.4. The average molecular weight is 349 g/mol. The third kappa shape index (κ3) is 11.8. The summed E-state index contributed by atoms with van der Waals surface area (Å²) in [5.74, 6) is 0. The second kappa shape index (κ2) is 8.09. The van der Waals surface area contributed by atoms with Crippen molar-refractivity contribution in [1.29, 1.82) is 0 Å². The van der Waals surface area contributed by atoms with Crippen LogP contribution in [0.15, 0.2) is 8.47 Å². The molecule has 0 saturated heterocycles. The molecule has 0 amide bonds. The largest absolute Gasteiger partial charge is 0.134 e. The van der Waals surface area contributed by atoms with Crippen LogP contribution < -0.4 is 0 Å². The zero-order valence-electron chi connectivity index (χ0n) is 11.7. The minimum atomic E-state index is -1.30. The second-order valence-corrected chi connectivity index (χ2v) is 18.4. The van der Waals surface area contributed by atoms with E-state index in [-0.39, 0.29) is 0 Å². The summed E-state index contributed by atoms with van der Waals surface area (Å²) >= 11 is 11.7. The first-order valence-corrected chi connectivity index (χ1v) is 15.0. The standard InChI is InChI=1S/C12H20S4Si2/c1-17(2,3)9-7-15-11(13)12(14)16-8-10-18(4,5)6/h13-14H,1-6H3. The van der Waals surface area contributed by atoms with E-state index in [2.05, 4.69) is 86.1 Å². The lowest BCUT2D eigenvalue weighted by molar-refractivity contribution is 1.81. The molecule has 0 aromatic rings. The predicted molar refractivity (Wildman–Crippen MR) is 102 cm³/mol. The molecule has 0 aromatic carbocycles. The van der Waals surface area contributed by atoms with E-state index in [0.717, 1.165) is 8.47 Å². The third-order valence-corrected chi connectivity index (χ3v) is 6.25. The Balaban J connectivity index is 4.52. The van der Waals surface area contributed by atoms with Crippen LogP contribution in [0.3, 0.4) is 0 Å². The van der Waals surface area contributed by atoms with Crippen molar-refractivity contribution in [2.45, 2.75) is 39.3 Å². The van der Waals surface area contributed by atoms with Crippen molar-refractivity contribution in [3.05, 3.63) is 8.47 Å². The third-order valence-electron chi connectivity index (χ3n) is 1.33. The van der Waals surface area contributed by atoms with Gasteiger partial charge in [0, 0.05) is 0 Å². The lowest BCUT2D eigenvalue weighted by Gasteiger charge is -2.04. The van der Waals surface area contributed by atoms with Gasteiger partial charge in [-0.15, -0.1) is 36.3 Å². The summed E-state index contributed by atoms with van der Waals surface area (Å²) in [6, 6.07) is 0. The van der Waals surface area contributed by atoms with Crippen LogP contribution in [0, 0.1) is 21.6 Å². The Hall–Kier alpha value is 0.694. The maximum atomic E-state index is 4.40. The predicted octanol–water partition coefficient (Wildman–Crippen LogP) is 5.12. The molecule has 0 unspecified atom stereocenters. The van der Waals surface area contributed by atoms with Crippen molar-refractivity contribution >= 4 is 64.9 Å². The first-order valence-electron chi connectivity index (χ1n) is 5.51. The number of rotatable bonds is 2. The van der Waals surface area contributed by atoms with Gasteiger partial charge in [-0.25, -0.2) is 0 Å². The van der Waals surface area contributed by atoms with E-state index in [4.69, 9.17) is 0 Å². The lowest BCUT2D eigenvalue weighted by atomic mass is 11.2. The molecule has 0 rings (SSSR count). The molecule has 0 spiro atoms. The molecule has 18 heavy (non-hydrogen) atoms. The topological polar surface area (TPSA) is 0 Å². The summed E-state index contributed by atoms with van der Waals surface area (Å²) in [7, 11) is -2.60. The van der Waals surface area contributed by atoms with Gasteiger partial charge in [-0.05, 0) is 34.0 Å². The summed E-state index contributed by atoms with van der Waals surface area (Å²) in [6.45, 7) is 13.3. The van der Waals surface area contributed by atoms with Gasteiger partial charge in [-0.1, -0.05) is 39.3 Å². The molecule has 0 saturated carbocycles. The Kier molecular flexibility index (Phi) is 8.40. The summed E-state index contributed by atoms with van der Waals surface area (Å²) in [5, 5.41) is 6.21. The fraction of sp³-hybridized carbons (Fsp3) is 0.500. The molecule has 0 aromatic heterocycles. The minimum absolute atomic E-state index is 0.832. The van der Waals surface area contributed by atoms with Crippen LogP contribution in [0.1, 0.15) is 0 Å². The van der Waals surface area contributed by atoms with Crippen LogP contribution in [-0.4, -0.2) is 16.1 Å². The molecule has 6 heteroatoms. The Bertz CT molecular complexity index is 391. The summed E-state index contributed by atoms with van der Waals surface area (Å²) < 4.78 is 1.66. The highest BCUT2D eigenvalue weighted by Crippen LogP contribution is 2.32. The molecule has 0 aliphatic carbocycles. The van der Waals surface area contributed by atoms with Crippen molar-refractivity contribution in [1.82, 2.24) is 0 Å². The van der Waals surface area contributed by atoms with Gasteiger partial charge in [0.15, 0.2) is 0 Å². The van der Waals surface area contributed by atoms with Crippen molar-refractivity contribution in [3.63, 3.8) is 0 Å². The van der Waals surface area contributed by atoms with Gasteiger partial charge in [0.05, 0.1) is 8.47 Å². The number of hydrogen-bond donors (Lipinski definition) is 2. The number of thioether (sulfide) groups is 2. The maximum absolute atomic E-state index is 4.40. The average Bonchev–Trinajstić information content (AvgIpc) is 2.13. The summed E-state index contributed by atoms with van der Waals surface area (Å²) in [4.78, 5) is 0. The van der Waals surface area contributed by atoms with Crippen LogP contribution in [0.4, 0.5) is 0 Å². The Morgan fingerprint density at radius 3 is 1.22 bits per heavy atom. The highest BCUT2D eigenvalue weighted by atomic mass is 32.2. The maximum Gasteiger partial charge on any atom is 0.130 e. The van der Waals surface area contributed by atoms with E-state index < -0.39 is 16.1 Å². The highest BCUT2D eigenvalue weighted by Gasteiger charge is 2.09. The summed E-state index contributed by atoms with van der Waals surface area (Å²) in [5.41, 5.74) is 6.57. The van der Waals surface area contributed by atoms with Crippen LogP contribution in [0.5, 0.6) is 0 Å². The Labute approximate surface area is 133 Å². The molecule has 0 aliphatic rings. The van der Waals surface area contributed by atoms with Gasteiger partial charge in [-0.3, -0.25) is 0 Å². The van der Waals surface area contributed by atoms with Crippen molar-refractivity contribution in [2.24, 2.45) is 0 Å². The molecular weight excluding hydrogens is 329 g/mol. The first-order chi connectivity index (χ1) is 8.01. The fourth-order valence-corrected chi connectivity index (χ4v) is 4.56. The summed E-state index contributed by atoms with van der Waals surface area (Å²) in [6.07, 6.45) is 0. The molecule has 0 atom stereocenters. The SMILES string of the molecule is C[Si](C)(C)C#CSC(S)=C(S)SC#C[Si](C)(C)C. The monoisotopic (exact) mass is 348 g/mol. The molecule has 0 heterocycles. The molecule has 0 bridgehead atoms. The fourth-order valence-electron chi connectivity index (χ4n) is 0.541. The normalized spacial score (nSPS) is 12.9. The van der Waals surface area contributed by atoms with Gasteiger partial charge in [0.2, 0.25) is 0 Å². The second-order valence-electron chi connectivity index (χ2n) is 5.77. The van der Waals surface area contributed by atoms with Crippen molar-refractivity contribution in [2.75, 3.05) is 0 Å². The van der Waals surface area contributed by atoms with Gasteiger partial charge >= 0.3 is 0 Å². The Morgan fingerprint density at radius 2 is 1.00 bits per heavy atom. The van der Waals surface area contributed by atoms with Gasteiger partial charge < -0.3 is 0 Å². The molecule has 0 aliphatic heterocycles. The number of hydrogen-bond acceptors (Lipinski definition) is 4. The molecule has 0 fully saturated rings. The minimum Gasteiger partial charge on any atom is -0.134 e. The highest BCUT2D eigenvalue weighted by molar-refractivity contribution is 8.24. The van der Waals surface area contributed by atoms with E-state index in [1.807, 2.05) is 0 Å². The van der Waals surface area contributed by atoms with Gasteiger partial charge in [-0.2, -0.15) is 0 Å². The first kappa shape index (κ1) is 18.7. The molecular formula is C12H20S4Si2. The van der Waals surface area contributed by atoms with Crippen molar-refractivity contribution < 1.29 is 0 Å². The van der Waals surface area contributed by atoms with Crippen LogP contribution >= 0.6 is 48.8 Å². The molecule has 100 valence electrons. The van der Waals surface area contributed by atoms with E-state index in [1.54, 1.807) is 0 Å². The van der Waals surface area contributed by atoms with E-state index in [0.29, 0.717) is 0 Å². The zero-order valence-corrected chi connectivity index (χ0v) is 17.1. The molecule has 0 nitrogen and oxygen atoms in total. The van der Waals surface area contributed by atoms with Crippen LogP contribution in [0.2, 0.25) is 39.3 Å². The number of thiol groups is 2. The van der Waals surface area contributed by atoms with Crippen LogP contribution in [-0.2, 0) is 0 Å². The van der Waals surface area contributed by atoms with Crippen molar-refractivity contribution in [3.8, 4) is 21.6 Å². The lowest BCUT2D eigenvalue weighted by Crippen LogP contribution is -2.16.